The summed E-state index contributed by atoms with van der Waals surface area (Å²) < 4.78 is 23.1. The third-order valence-corrected chi connectivity index (χ3v) is 7.93. The average molecular weight is 594 g/mol. The summed E-state index contributed by atoms with van der Waals surface area (Å²) in [4.78, 5) is 30.4. The standard InChI is InChI=1S/C33H43N3O7/c1-33(2)41-22-26-20-25(14-15-28(26)43-33)29-21-36(32(39)42-29)16-6-3-4-7-17-40-18-8-5-9-23-10-12-24(13-11-23)19-27-30(37)35-31(38)34-27/h10-15,20,29,37H,3-9,16-19,21-22H2,1-2H3,(H2,34,35,38). The molecule has 2 aliphatic rings. The highest BCUT2D eigenvalue weighted by atomic mass is 16.7. The number of fused-ring (bicyclic) bond motifs is 1. The maximum absolute atomic E-state index is 12.4. The lowest BCUT2D eigenvalue weighted by Gasteiger charge is -2.32. The maximum Gasteiger partial charge on any atom is 0.410 e. The number of cyclic esters (lactones) is 1. The lowest BCUT2D eigenvalue weighted by molar-refractivity contribution is -0.180. The van der Waals surface area contributed by atoms with Crippen LogP contribution in [0.15, 0.2) is 47.3 Å². The minimum Gasteiger partial charge on any atom is -0.493 e. The average Bonchev–Trinajstić information content (AvgIpc) is 3.51. The molecule has 10 heteroatoms. The number of rotatable bonds is 15. The Bertz CT molecular complexity index is 1410. The molecule has 1 unspecified atom stereocenters. The molecule has 5 rings (SSSR count). The first-order chi connectivity index (χ1) is 20.8. The molecule has 3 aromatic rings. The van der Waals surface area contributed by atoms with Crippen LogP contribution >= 0.6 is 0 Å². The van der Waals surface area contributed by atoms with Crippen LogP contribution in [0.25, 0.3) is 0 Å². The topological polar surface area (TPSA) is 126 Å². The molecule has 2 aliphatic heterocycles. The van der Waals surface area contributed by atoms with Gasteiger partial charge in [0.1, 0.15) is 11.9 Å². The molecule has 3 heterocycles. The van der Waals surface area contributed by atoms with Crippen molar-refractivity contribution in [1.29, 1.82) is 0 Å². The van der Waals surface area contributed by atoms with Crippen LogP contribution in [0.3, 0.4) is 0 Å². The predicted molar refractivity (Wildman–Crippen MR) is 161 cm³/mol. The van der Waals surface area contributed by atoms with Gasteiger partial charge in [-0.3, -0.25) is 4.98 Å². The van der Waals surface area contributed by atoms with Gasteiger partial charge >= 0.3 is 11.8 Å². The normalized spacial score (nSPS) is 17.5. The Kier molecular flexibility index (Phi) is 10.1. The van der Waals surface area contributed by atoms with Gasteiger partial charge in [0.2, 0.25) is 11.7 Å². The molecule has 232 valence electrons. The molecule has 10 nitrogen and oxygen atoms in total. The smallest absolute Gasteiger partial charge is 0.410 e. The highest BCUT2D eigenvalue weighted by Gasteiger charge is 2.33. The molecule has 1 saturated heterocycles. The van der Waals surface area contributed by atoms with E-state index >= 15 is 0 Å². The van der Waals surface area contributed by atoms with Crippen molar-refractivity contribution in [3.63, 3.8) is 0 Å². The van der Waals surface area contributed by atoms with Gasteiger partial charge in [-0.05, 0) is 60.9 Å². The largest absolute Gasteiger partial charge is 0.493 e. The molecule has 1 atom stereocenters. The number of unbranched alkanes of at least 4 members (excludes halogenated alkanes) is 4. The number of carbonyl (C=O) groups is 1. The van der Waals surface area contributed by atoms with E-state index in [0.717, 1.165) is 80.6 Å². The van der Waals surface area contributed by atoms with Crippen molar-refractivity contribution in [3.8, 4) is 11.6 Å². The van der Waals surface area contributed by atoms with Gasteiger partial charge in [0.05, 0.1) is 18.8 Å². The van der Waals surface area contributed by atoms with E-state index in [2.05, 4.69) is 22.1 Å². The second-order valence-corrected chi connectivity index (χ2v) is 11.9. The summed E-state index contributed by atoms with van der Waals surface area (Å²) in [6, 6.07) is 14.2. The van der Waals surface area contributed by atoms with Crippen LogP contribution in [-0.4, -0.2) is 58.2 Å². The summed E-state index contributed by atoms with van der Waals surface area (Å²) in [7, 11) is 0. The van der Waals surface area contributed by atoms with Gasteiger partial charge in [0.25, 0.3) is 0 Å². The van der Waals surface area contributed by atoms with E-state index in [9.17, 15) is 14.7 Å². The number of ether oxygens (including phenoxy) is 4. The molecule has 43 heavy (non-hydrogen) atoms. The van der Waals surface area contributed by atoms with Crippen molar-refractivity contribution in [1.82, 2.24) is 14.9 Å². The molecule has 0 radical (unpaired) electrons. The van der Waals surface area contributed by atoms with E-state index in [1.54, 1.807) is 4.90 Å². The Labute approximate surface area is 252 Å². The number of amides is 1. The molecule has 0 spiro atoms. The Morgan fingerprint density at radius 3 is 2.47 bits per heavy atom. The van der Waals surface area contributed by atoms with Crippen LogP contribution in [-0.2, 0) is 33.7 Å². The summed E-state index contributed by atoms with van der Waals surface area (Å²) >= 11 is 0. The van der Waals surface area contributed by atoms with Crippen molar-refractivity contribution < 1.29 is 28.8 Å². The van der Waals surface area contributed by atoms with Crippen molar-refractivity contribution in [2.75, 3.05) is 26.3 Å². The highest BCUT2D eigenvalue weighted by molar-refractivity contribution is 5.70. The Morgan fingerprint density at radius 1 is 0.953 bits per heavy atom. The van der Waals surface area contributed by atoms with E-state index in [4.69, 9.17) is 18.9 Å². The third-order valence-electron chi connectivity index (χ3n) is 7.93. The minimum atomic E-state index is -0.629. The van der Waals surface area contributed by atoms with E-state index in [0.29, 0.717) is 31.8 Å². The van der Waals surface area contributed by atoms with Crippen LogP contribution in [0.5, 0.6) is 11.6 Å². The number of aryl methyl sites for hydroxylation is 1. The lowest BCUT2D eigenvalue weighted by Crippen LogP contribution is -2.35. The van der Waals surface area contributed by atoms with Crippen LogP contribution in [0.4, 0.5) is 4.79 Å². The van der Waals surface area contributed by atoms with Gasteiger partial charge in [-0.1, -0.05) is 43.2 Å². The Hall–Kier alpha value is -3.76. The zero-order valence-electron chi connectivity index (χ0n) is 25.2. The number of nitrogens with one attached hydrogen (secondary N) is 2. The number of carbonyl (C=O) groups excluding carboxylic acids is 1. The van der Waals surface area contributed by atoms with Gasteiger partial charge in [-0.15, -0.1) is 0 Å². The molecule has 1 aromatic heterocycles. The second-order valence-electron chi connectivity index (χ2n) is 11.9. The molecular formula is C33H43N3O7. The van der Waals surface area contributed by atoms with Gasteiger partial charge in [0, 0.05) is 45.6 Å². The third kappa shape index (κ3) is 8.64. The number of imidazole rings is 1. The summed E-state index contributed by atoms with van der Waals surface area (Å²) in [5, 5.41) is 9.71. The lowest BCUT2D eigenvalue weighted by atomic mass is 10.0. The molecule has 3 N–H and O–H groups in total. The minimum absolute atomic E-state index is 0.102. The number of aromatic nitrogens is 2. The first kappa shape index (κ1) is 30.7. The van der Waals surface area contributed by atoms with Crippen LogP contribution in [0.2, 0.25) is 0 Å². The number of aromatic hydroxyl groups is 1. The summed E-state index contributed by atoms with van der Waals surface area (Å²) in [6.07, 6.45) is 7.13. The van der Waals surface area contributed by atoms with Gasteiger partial charge in [0.15, 0.2) is 0 Å². The fourth-order valence-corrected chi connectivity index (χ4v) is 5.48. The zero-order chi connectivity index (χ0) is 30.2. The maximum atomic E-state index is 12.4. The van der Waals surface area contributed by atoms with Gasteiger partial charge < -0.3 is 33.9 Å². The van der Waals surface area contributed by atoms with Crippen LogP contribution in [0.1, 0.15) is 86.4 Å². The van der Waals surface area contributed by atoms with Crippen LogP contribution < -0.4 is 10.4 Å². The predicted octanol–water partition coefficient (Wildman–Crippen LogP) is 5.74. The quantitative estimate of drug-likeness (QED) is 0.192. The second kappa shape index (κ2) is 14.1. The molecule has 0 aliphatic carbocycles. The van der Waals surface area contributed by atoms with Crippen molar-refractivity contribution in [2.24, 2.45) is 0 Å². The summed E-state index contributed by atoms with van der Waals surface area (Å²) in [5.74, 6) is 0.0896. The van der Waals surface area contributed by atoms with E-state index in [1.165, 1.54) is 5.56 Å². The number of benzene rings is 2. The highest BCUT2D eigenvalue weighted by Crippen LogP contribution is 2.35. The number of nitrogens with zero attached hydrogens (tertiary/aromatic N) is 1. The zero-order valence-corrected chi connectivity index (χ0v) is 25.2. The fraction of sp³-hybridized carbons (Fsp3) is 0.515. The molecule has 0 saturated carbocycles. The molecule has 1 fully saturated rings. The van der Waals surface area contributed by atoms with Crippen molar-refractivity contribution in [2.45, 2.75) is 83.7 Å². The first-order valence-corrected chi connectivity index (χ1v) is 15.3. The van der Waals surface area contributed by atoms with Gasteiger partial charge in [-0.2, -0.15) is 0 Å². The first-order valence-electron chi connectivity index (χ1n) is 15.3. The van der Waals surface area contributed by atoms with Gasteiger partial charge in [-0.25, -0.2) is 9.59 Å². The van der Waals surface area contributed by atoms with E-state index in [1.807, 2.05) is 44.2 Å². The molecule has 0 bridgehead atoms. The number of hydrogen-bond acceptors (Lipinski definition) is 7. The van der Waals surface area contributed by atoms with E-state index in [-0.39, 0.29) is 18.1 Å². The summed E-state index contributed by atoms with van der Waals surface area (Å²) in [6.45, 7) is 7.07. The van der Waals surface area contributed by atoms with Crippen LogP contribution in [0, 0.1) is 0 Å². The number of aromatic amines is 2. The molecule has 2 aromatic carbocycles. The molecule has 1 amide bonds. The van der Waals surface area contributed by atoms with Crippen molar-refractivity contribution in [3.05, 3.63) is 80.9 Å². The van der Waals surface area contributed by atoms with E-state index < -0.39 is 11.5 Å². The summed E-state index contributed by atoms with van der Waals surface area (Å²) in [5.41, 5.74) is 4.35. The Morgan fingerprint density at radius 2 is 1.70 bits per heavy atom. The number of H-pyrrole nitrogens is 2. The monoisotopic (exact) mass is 593 g/mol. The molecular weight excluding hydrogens is 550 g/mol. The fourth-order valence-electron chi connectivity index (χ4n) is 5.48. The van der Waals surface area contributed by atoms with Crippen molar-refractivity contribution >= 4 is 6.09 Å². The number of hydrogen-bond donors (Lipinski definition) is 3. The Balaban J connectivity index is 0.886. The SMILES string of the molecule is CC1(C)OCc2cc(C3CN(CCCCCCOCCCCc4ccc(Cc5[nH]c(=O)[nH]c5O)cc4)C(=O)O3)ccc2O1.